The lowest BCUT2D eigenvalue weighted by atomic mass is 9.93. The molecule has 2 saturated heterocycles. The fourth-order valence-corrected chi connectivity index (χ4v) is 3.96. The van der Waals surface area contributed by atoms with E-state index >= 15 is 0 Å². The number of rotatable bonds is 5. The molecule has 0 aromatic heterocycles. The first-order valence-corrected chi connectivity index (χ1v) is 9.28. The third-order valence-corrected chi connectivity index (χ3v) is 5.88. The third-order valence-electron chi connectivity index (χ3n) is 5.88. The molecule has 5 nitrogen and oxygen atoms in total. The van der Waals surface area contributed by atoms with Crippen molar-refractivity contribution in [2.75, 3.05) is 13.1 Å². The standard InChI is InChI=1S/C18H33N3O2/c1-6-13(4)16-17(23)21(14(5)7-2)18(19-16)9-11-20(12-10-18)15(22)8-3/h13-14,16,19H,6-12H2,1-5H3. The van der Waals surface area contributed by atoms with E-state index in [2.05, 4.69) is 37.9 Å². The summed E-state index contributed by atoms with van der Waals surface area (Å²) in [6.45, 7) is 12.0. The van der Waals surface area contributed by atoms with Crippen LogP contribution in [0.2, 0.25) is 0 Å². The maximum Gasteiger partial charge on any atom is 0.241 e. The third kappa shape index (κ3) is 3.25. The van der Waals surface area contributed by atoms with Gasteiger partial charge in [-0.3, -0.25) is 14.9 Å². The lowest BCUT2D eigenvalue weighted by Crippen LogP contribution is -2.61. The molecule has 2 aliphatic heterocycles. The molecule has 1 spiro atoms. The zero-order valence-corrected chi connectivity index (χ0v) is 15.4. The highest BCUT2D eigenvalue weighted by atomic mass is 16.2. The number of likely N-dealkylation sites (tertiary alicyclic amines) is 1. The minimum atomic E-state index is -0.259. The van der Waals surface area contributed by atoms with Gasteiger partial charge in [0, 0.05) is 38.4 Å². The van der Waals surface area contributed by atoms with E-state index in [1.807, 2.05) is 11.8 Å². The average Bonchev–Trinajstić information content (AvgIpc) is 2.85. The van der Waals surface area contributed by atoms with Crippen LogP contribution in [0.1, 0.15) is 66.7 Å². The van der Waals surface area contributed by atoms with Gasteiger partial charge in [0.2, 0.25) is 11.8 Å². The Kier molecular flexibility index (Phi) is 5.71. The van der Waals surface area contributed by atoms with Crippen molar-refractivity contribution in [2.45, 2.75) is 84.5 Å². The van der Waals surface area contributed by atoms with E-state index in [4.69, 9.17) is 0 Å². The Morgan fingerprint density at radius 2 is 1.83 bits per heavy atom. The van der Waals surface area contributed by atoms with Gasteiger partial charge >= 0.3 is 0 Å². The van der Waals surface area contributed by atoms with Gasteiger partial charge in [-0.2, -0.15) is 0 Å². The SMILES string of the molecule is CCC(=O)N1CCC2(CC1)NC(C(C)CC)C(=O)N2C(C)CC. The number of nitrogens with zero attached hydrogens (tertiary/aromatic N) is 2. The molecule has 23 heavy (non-hydrogen) atoms. The number of carbonyl (C=O) groups excluding carboxylic acids is 2. The number of carbonyl (C=O) groups is 2. The maximum atomic E-state index is 13.0. The number of hydrogen-bond acceptors (Lipinski definition) is 3. The topological polar surface area (TPSA) is 52.7 Å². The molecular weight excluding hydrogens is 290 g/mol. The monoisotopic (exact) mass is 323 g/mol. The van der Waals surface area contributed by atoms with E-state index in [0.29, 0.717) is 12.3 Å². The zero-order chi connectivity index (χ0) is 17.2. The summed E-state index contributed by atoms with van der Waals surface area (Å²) in [5.74, 6) is 0.811. The Hall–Kier alpha value is -1.10. The molecule has 3 atom stereocenters. The number of piperidine rings is 1. The molecule has 0 aromatic carbocycles. The molecule has 0 aliphatic carbocycles. The summed E-state index contributed by atoms with van der Waals surface area (Å²) >= 11 is 0. The Morgan fingerprint density at radius 3 is 2.30 bits per heavy atom. The number of nitrogens with one attached hydrogen (secondary N) is 1. The summed E-state index contributed by atoms with van der Waals surface area (Å²) in [6.07, 6.45) is 4.18. The lowest BCUT2D eigenvalue weighted by molar-refractivity contribution is -0.139. The van der Waals surface area contributed by atoms with E-state index in [-0.39, 0.29) is 29.6 Å². The van der Waals surface area contributed by atoms with Gasteiger partial charge in [-0.1, -0.05) is 34.1 Å². The van der Waals surface area contributed by atoms with Crippen molar-refractivity contribution < 1.29 is 9.59 Å². The highest BCUT2D eigenvalue weighted by Gasteiger charge is 2.53. The Morgan fingerprint density at radius 1 is 1.22 bits per heavy atom. The largest absolute Gasteiger partial charge is 0.342 e. The van der Waals surface area contributed by atoms with Crippen LogP contribution in [0.4, 0.5) is 0 Å². The summed E-state index contributed by atoms with van der Waals surface area (Å²) in [4.78, 5) is 29.0. The second-order valence-corrected chi connectivity index (χ2v) is 7.24. The Balaban J connectivity index is 2.21. The van der Waals surface area contributed by atoms with Crippen LogP contribution < -0.4 is 5.32 Å². The van der Waals surface area contributed by atoms with Gasteiger partial charge in [0.1, 0.15) is 0 Å². The van der Waals surface area contributed by atoms with Gasteiger partial charge in [-0.15, -0.1) is 0 Å². The van der Waals surface area contributed by atoms with Crippen LogP contribution in [0.25, 0.3) is 0 Å². The molecule has 0 bridgehead atoms. The normalized spacial score (nSPS) is 26.7. The first-order valence-electron chi connectivity index (χ1n) is 9.28. The molecule has 132 valence electrons. The summed E-state index contributed by atoms with van der Waals surface area (Å²) in [5.41, 5.74) is -0.259. The molecule has 2 amide bonds. The Labute approximate surface area is 140 Å². The maximum absolute atomic E-state index is 13.0. The van der Waals surface area contributed by atoms with Gasteiger partial charge in [-0.05, 0) is 19.3 Å². The van der Waals surface area contributed by atoms with Gasteiger partial charge in [0.05, 0.1) is 11.7 Å². The molecule has 2 heterocycles. The van der Waals surface area contributed by atoms with Crippen molar-refractivity contribution in [3.63, 3.8) is 0 Å². The van der Waals surface area contributed by atoms with Crippen LogP contribution in [0.3, 0.4) is 0 Å². The molecule has 2 fully saturated rings. The molecular formula is C18H33N3O2. The molecule has 0 radical (unpaired) electrons. The summed E-state index contributed by atoms with van der Waals surface area (Å²) in [7, 11) is 0. The van der Waals surface area contributed by atoms with Crippen LogP contribution in [0.5, 0.6) is 0 Å². The zero-order valence-electron chi connectivity index (χ0n) is 15.4. The predicted octanol–water partition coefficient (Wildman–Crippen LogP) is 2.36. The van der Waals surface area contributed by atoms with E-state index in [1.165, 1.54) is 0 Å². The predicted molar refractivity (Wildman–Crippen MR) is 91.8 cm³/mol. The van der Waals surface area contributed by atoms with E-state index < -0.39 is 0 Å². The molecule has 2 rings (SSSR count). The van der Waals surface area contributed by atoms with Crippen LogP contribution in [0.15, 0.2) is 0 Å². The van der Waals surface area contributed by atoms with Crippen molar-refractivity contribution in [3.8, 4) is 0 Å². The van der Waals surface area contributed by atoms with Crippen molar-refractivity contribution in [3.05, 3.63) is 0 Å². The van der Waals surface area contributed by atoms with Crippen LogP contribution in [-0.4, -0.2) is 52.5 Å². The van der Waals surface area contributed by atoms with E-state index in [1.54, 1.807) is 0 Å². The first kappa shape index (κ1) is 18.2. The number of hydrogen-bond donors (Lipinski definition) is 1. The quantitative estimate of drug-likeness (QED) is 0.845. The van der Waals surface area contributed by atoms with Gasteiger partial charge < -0.3 is 9.80 Å². The second-order valence-electron chi connectivity index (χ2n) is 7.24. The van der Waals surface area contributed by atoms with Crippen LogP contribution in [-0.2, 0) is 9.59 Å². The molecule has 0 aromatic rings. The Bertz CT molecular complexity index is 444. The minimum Gasteiger partial charge on any atom is -0.342 e. The highest BCUT2D eigenvalue weighted by molar-refractivity contribution is 5.86. The van der Waals surface area contributed by atoms with Gasteiger partial charge in [-0.25, -0.2) is 0 Å². The fourth-order valence-electron chi connectivity index (χ4n) is 3.96. The number of amides is 2. The molecule has 1 N–H and O–H groups in total. The van der Waals surface area contributed by atoms with Crippen molar-refractivity contribution in [1.29, 1.82) is 0 Å². The second kappa shape index (κ2) is 7.20. The molecule has 3 unspecified atom stereocenters. The molecule has 0 saturated carbocycles. The minimum absolute atomic E-state index is 0.0811. The fraction of sp³-hybridized carbons (Fsp3) is 0.889. The smallest absolute Gasteiger partial charge is 0.241 e. The van der Waals surface area contributed by atoms with Crippen molar-refractivity contribution in [1.82, 2.24) is 15.1 Å². The molecule has 2 aliphatic rings. The summed E-state index contributed by atoms with van der Waals surface area (Å²) < 4.78 is 0. The first-order chi connectivity index (χ1) is 10.9. The van der Waals surface area contributed by atoms with Crippen molar-refractivity contribution >= 4 is 11.8 Å². The van der Waals surface area contributed by atoms with Gasteiger partial charge in [0.25, 0.3) is 0 Å². The van der Waals surface area contributed by atoms with E-state index in [9.17, 15) is 9.59 Å². The van der Waals surface area contributed by atoms with Crippen LogP contribution in [0, 0.1) is 5.92 Å². The summed E-state index contributed by atoms with van der Waals surface area (Å²) in [5, 5.41) is 3.69. The van der Waals surface area contributed by atoms with E-state index in [0.717, 1.165) is 38.8 Å². The van der Waals surface area contributed by atoms with Gasteiger partial charge in [0.15, 0.2) is 0 Å². The summed E-state index contributed by atoms with van der Waals surface area (Å²) in [6, 6.07) is 0.153. The van der Waals surface area contributed by atoms with Crippen LogP contribution >= 0.6 is 0 Å². The average molecular weight is 323 g/mol. The molecule has 5 heteroatoms. The highest BCUT2D eigenvalue weighted by Crippen LogP contribution is 2.37. The van der Waals surface area contributed by atoms with Crippen molar-refractivity contribution in [2.24, 2.45) is 5.92 Å². The lowest BCUT2D eigenvalue weighted by Gasteiger charge is -2.46.